The van der Waals surface area contributed by atoms with Crippen molar-refractivity contribution in [2.75, 3.05) is 25.6 Å². The number of carbonyl (C=O) groups excluding carboxylic acids is 2. The third-order valence-electron chi connectivity index (χ3n) is 4.14. The van der Waals surface area contributed by atoms with Gasteiger partial charge in [-0.3, -0.25) is 9.59 Å². The number of ether oxygens (including phenoxy) is 1. The van der Waals surface area contributed by atoms with Crippen LogP contribution in [0.2, 0.25) is 0 Å². The van der Waals surface area contributed by atoms with Crippen molar-refractivity contribution < 1.29 is 27.5 Å². The van der Waals surface area contributed by atoms with E-state index in [4.69, 9.17) is 0 Å². The number of hydrogen-bond acceptors (Lipinski definition) is 5. The lowest BCUT2D eigenvalue weighted by molar-refractivity contribution is -0.274. The van der Waals surface area contributed by atoms with Crippen molar-refractivity contribution in [1.82, 2.24) is 20.1 Å². The summed E-state index contributed by atoms with van der Waals surface area (Å²) in [4.78, 5) is 27.2. The van der Waals surface area contributed by atoms with E-state index in [9.17, 15) is 22.8 Å². The predicted molar refractivity (Wildman–Crippen MR) is 89.4 cm³/mol. The number of aromatic nitrogens is 2. The molecule has 146 valence electrons. The molecule has 2 amide bonds. The Morgan fingerprint density at radius 3 is 2.85 bits per heavy atom. The van der Waals surface area contributed by atoms with Gasteiger partial charge in [0.15, 0.2) is 0 Å². The minimum Gasteiger partial charge on any atom is -0.406 e. The standard InChI is InChI=1S/C16H18F3N5O3/c1-20-8-14(25)23-6-2-3-13(23)15(26)22-24-9-10-4-5-11(7-12(10)21-24)27-16(17,18)19/h4-5,7,9,13,20H,2-3,6,8H2,1H3,(H,22,26)/t13-/m0/s1. The summed E-state index contributed by atoms with van der Waals surface area (Å²) >= 11 is 0. The topological polar surface area (TPSA) is 88.5 Å². The van der Waals surface area contributed by atoms with Gasteiger partial charge in [0, 0.05) is 18.0 Å². The van der Waals surface area contributed by atoms with Crippen LogP contribution in [0.1, 0.15) is 12.8 Å². The number of alkyl halides is 3. The summed E-state index contributed by atoms with van der Waals surface area (Å²) in [5, 5.41) is 7.33. The summed E-state index contributed by atoms with van der Waals surface area (Å²) in [5.74, 6) is -0.975. The van der Waals surface area contributed by atoms with E-state index in [0.717, 1.165) is 10.9 Å². The van der Waals surface area contributed by atoms with Gasteiger partial charge >= 0.3 is 6.36 Å². The van der Waals surface area contributed by atoms with E-state index in [1.807, 2.05) is 0 Å². The second-order valence-corrected chi connectivity index (χ2v) is 6.09. The molecule has 0 saturated carbocycles. The quantitative estimate of drug-likeness (QED) is 0.808. The fraction of sp³-hybridized carbons (Fsp3) is 0.438. The maximum absolute atomic E-state index is 12.5. The van der Waals surface area contributed by atoms with Crippen molar-refractivity contribution >= 4 is 22.7 Å². The highest BCUT2D eigenvalue weighted by Crippen LogP contribution is 2.26. The van der Waals surface area contributed by atoms with Crippen molar-refractivity contribution in [3.8, 4) is 5.75 Å². The Balaban J connectivity index is 1.72. The Kier molecular flexibility index (Phi) is 5.22. The summed E-state index contributed by atoms with van der Waals surface area (Å²) in [6, 6.07) is 3.09. The highest BCUT2D eigenvalue weighted by molar-refractivity contribution is 5.93. The number of fused-ring (bicyclic) bond motifs is 1. The Labute approximate surface area is 152 Å². The van der Waals surface area contributed by atoms with Crippen LogP contribution in [0.4, 0.5) is 13.2 Å². The number of nitrogens with zero attached hydrogens (tertiary/aromatic N) is 3. The molecule has 0 aliphatic carbocycles. The van der Waals surface area contributed by atoms with Gasteiger partial charge in [-0.05, 0) is 32.0 Å². The fourth-order valence-corrected chi connectivity index (χ4v) is 3.03. The Morgan fingerprint density at radius 1 is 1.37 bits per heavy atom. The molecule has 0 bridgehead atoms. The summed E-state index contributed by atoms with van der Waals surface area (Å²) in [7, 11) is 1.65. The lowest BCUT2D eigenvalue weighted by Crippen LogP contribution is -2.47. The molecule has 0 spiro atoms. The predicted octanol–water partition coefficient (Wildman–Crippen LogP) is 1.22. The zero-order valence-corrected chi connectivity index (χ0v) is 14.4. The summed E-state index contributed by atoms with van der Waals surface area (Å²) in [6.45, 7) is 0.634. The number of likely N-dealkylation sites (N-methyl/N-ethyl adjacent to an activating group) is 1. The monoisotopic (exact) mass is 385 g/mol. The number of amides is 2. The molecule has 1 aromatic carbocycles. The molecule has 1 atom stereocenters. The van der Waals surface area contributed by atoms with Gasteiger partial charge < -0.3 is 15.0 Å². The van der Waals surface area contributed by atoms with E-state index in [-0.39, 0.29) is 18.0 Å². The third kappa shape index (κ3) is 4.48. The smallest absolute Gasteiger partial charge is 0.406 e. The molecule has 1 aromatic heterocycles. The number of benzene rings is 1. The molecule has 2 heterocycles. The minimum absolute atomic E-state index is 0.136. The van der Waals surface area contributed by atoms with E-state index >= 15 is 0 Å². The van der Waals surface area contributed by atoms with Crippen molar-refractivity contribution in [2.45, 2.75) is 25.2 Å². The maximum atomic E-state index is 12.5. The molecule has 11 heteroatoms. The van der Waals surface area contributed by atoms with E-state index in [1.165, 1.54) is 23.2 Å². The van der Waals surface area contributed by atoms with Crippen LogP contribution in [0.3, 0.4) is 0 Å². The molecule has 1 aliphatic heterocycles. The molecule has 0 radical (unpaired) electrons. The largest absolute Gasteiger partial charge is 0.573 e. The molecular formula is C16H18F3N5O3. The Hall–Kier alpha value is -2.82. The molecule has 27 heavy (non-hydrogen) atoms. The molecule has 1 fully saturated rings. The molecule has 0 unspecified atom stereocenters. The van der Waals surface area contributed by atoms with E-state index in [2.05, 4.69) is 20.6 Å². The number of nitrogens with one attached hydrogen (secondary N) is 2. The van der Waals surface area contributed by atoms with Crippen LogP contribution in [0.25, 0.3) is 10.9 Å². The lowest BCUT2D eigenvalue weighted by atomic mass is 10.2. The lowest BCUT2D eigenvalue weighted by Gasteiger charge is -2.23. The first-order chi connectivity index (χ1) is 12.8. The van der Waals surface area contributed by atoms with Gasteiger partial charge in [-0.1, -0.05) is 0 Å². The number of likely N-dealkylation sites (tertiary alicyclic amines) is 1. The molecule has 1 aliphatic rings. The molecule has 8 nitrogen and oxygen atoms in total. The molecule has 1 saturated heterocycles. The van der Waals surface area contributed by atoms with Crippen LogP contribution in [0, 0.1) is 0 Å². The number of rotatable bonds is 5. The van der Waals surface area contributed by atoms with Gasteiger partial charge in [0.25, 0.3) is 5.91 Å². The van der Waals surface area contributed by atoms with Crippen molar-refractivity contribution in [1.29, 1.82) is 0 Å². The van der Waals surface area contributed by atoms with Gasteiger partial charge in [0.1, 0.15) is 11.8 Å². The number of carbonyl (C=O) groups is 2. The second kappa shape index (κ2) is 7.43. The zero-order chi connectivity index (χ0) is 19.6. The van der Waals surface area contributed by atoms with Gasteiger partial charge in [0.05, 0.1) is 18.3 Å². The van der Waals surface area contributed by atoms with Gasteiger partial charge in [-0.2, -0.15) is 9.89 Å². The zero-order valence-electron chi connectivity index (χ0n) is 14.4. The van der Waals surface area contributed by atoms with E-state index < -0.39 is 24.1 Å². The van der Waals surface area contributed by atoms with E-state index in [0.29, 0.717) is 24.8 Å². The summed E-state index contributed by atoms with van der Waals surface area (Å²) in [6.07, 6.45) is -2.08. The van der Waals surface area contributed by atoms with Crippen molar-refractivity contribution in [3.63, 3.8) is 0 Å². The van der Waals surface area contributed by atoms with Crippen LogP contribution in [-0.4, -0.2) is 59.1 Å². The van der Waals surface area contributed by atoms with Crippen LogP contribution < -0.4 is 15.5 Å². The number of halogens is 3. The highest BCUT2D eigenvalue weighted by atomic mass is 19.4. The SMILES string of the molecule is CNCC(=O)N1CCC[C@H]1C(=O)Nn1cc2ccc(OC(F)(F)F)cc2n1. The normalized spacial score (nSPS) is 17.3. The van der Waals surface area contributed by atoms with Crippen LogP contribution in [0.15, 0.2) is 24.4 Å². The summed E-state index contributed by atoms with van der Waals surface area (Å²) in [5.41, 5.74) is 2.79. The molecule has 2 N–H and O–H groups in total. The Bertz CT molecular complexity index is 851. The van der Waals surface area contributed by atoms with Crippen LogP contribution >= 0.6 is 0 Å². The van der Waals surface area contributed by atoms with Crippen LogP contribution in [0.5, 0.6) is 5.75 Å². The van der Waals surface area contributed by atoms with Gasteiger partial charge in [0.2, 0.25) is 5.91 Å². The summed E-state index contributed by atoms with van der Waals surface area (Å²) < 4.78 is 40.8. The highest BCUT2D eigenvalue weighted by Gasteiger charge is 2.34. The van der Waals surface area contributed by atoms with Gasteiger partial charge in [-0.25, -0.2) is 5.43 Å². The van der Waals surface area contributed by atoms with Crippen molar-refractivity contribution in [2.24, 2.45) is 0 Å². The molecule has 2 aromatic rings. The third-order valence-corrected chi connectivity index (χ3v) is 4.14. The Morgan fingerprint density at radius 2 is 2.15 bits per heavy atom. The molecular weight excluding hydrogens is 367 g/mol. The molecule has 3 rings (SSSR count). The fourth-order valence-electron chi connectivity index (χ4n) is 3.03. The average molecular weight is 385 g/mol. The van der Waals surface area contributed by atoms with Crippen molar-refractivity contribution in [3.05, 3.63) is 24.4 Å². The van der Waals surface area contributed by atoms with Gasteiger partial charge in [-0.15, -0.1) is 13.2 Å². The first-order valence-corrected chi connectivity index (χ1v) is 8.27. The first kappa shape index (κ1) is 19.0. The minimum atomic E-state index is -4.80. The van der Waals surface area contributed by atoms with Crippen LogP contribution in [-0.2, 0) is 9.59 Å². The number of hydrogen-bond donors (Lipinski definition) is 2. The first-order valence-electron chi connectivity index (χ1n) is 8.27. The average Bonchev–Trinajstić information content (AvgIpc) is 3.19. The van der Waals surface area contributed by atoms with E-state index in [1.54, 1.807) is 7.05 Å². The maximum Gasteiger partial charge on any atom is 0.573 e. The second-order valence-electron chi connectivity index (χ2n) is 6.09.